The van der Waals surface area contributed by atoms with E-state index in [1.807, 2.05) is 72.8 Å². The van der Waals surface area contributed by atoms with E-state index in [1.54, 1.807) is 4.57 Å². The highest BCUT2D eigenvalue weighted by molar-refractivity contribution is 6.12. The molecule has 14 rings (SSSR count). The van der Waals surface area contributed by atoms with Crippen molar-refractivity contribution in [2.45, 2.75) is 0 Å². The number of nitrogens with zero attached hydrogens (tertiary/aromatic N) is 6. The molecule has 5 aromatic heterocycles. The predicted molar refractivity (Wildman–Crippen MR) is 261 cm³/mol. The zero-order valence-electron chi connectivity index (χ0n) is 37.9. The minimum Gasteiger partial charge on any atom is -0.456 e. The number of fused-ring (bicyclic) bond motifs is 12. The van der Waals surface area contributed by atoms with Crippen LogP contribution in [0.2, 0.25) is 0 Å². The van der Waals surface area contributed by atoms with Gasteiger partial charge in [-0.15, -0.1) is 0 Å². The molecule has 0 spiro atoms. The largest absolute Gasteiger partial charge is 0.456 e. The lowest BCUT2D eigenvalue weighted by Gasteiger charge is -2.19. The van der Waals surface area contributed by atoms with Gasteiger partial charge in [0.2, 0.25) is 11.9 Å². The molecule has 0 atom stereocenters. The van der Waals surface area contributed by atoms with E-state index in [4.69, 9.17) is 22.1 Å². The van der Waals surface area contributed by atoms with Crippen molar-refractivity contribution in [2.75, 3.05) is 0 Å². The number of furan rings is 1. The fraction of sp³-hybridized carbons (Fsp3) is 0. The third-order valence-corrected chi connectivity index (χ3v) is 12.7. The molecule has 7 heteroatoms. The lowest BCUT2D eigenvalue weighted by Crippen LogP contribution is -2.11. The van der Waals surface area contributed by atoms with Gasteiger partial charge in [-0.25, -0.2) is 0 Å². The maximum Gasteiger partial charge on any atom is 0.240 e. The summed E-state index contributed by atoms with van der Waals surface area (Å²) in [6, 6.07) is 60.5. The van der Waals surface area contributed by atoms with E-state index in [0.29, 0.717) is 28.1 Å². The first-order valence-corrected chi connectivity index (χ1v) is 21.2. The van der Waals surface area contributed by atoms with Crippen LogP contribution in [0.5, 0.6) is 0 Å². The third kappa shape index (κ3) is 4.94. The number of hydrogen-bond donors (Lipinski definition) is 0. The quantitative estimate of drug-likeness (QED) is 0.173. The summed E-state index contributed by atoms with van der Waals surface area (Å²) in [5.41, 5.74) is 9.68. The molecular weight excluding hydrogens is 785 g/mol. The van der Waals surface area contributed by atoms with Gasteiger partial charge in [0, 0.05) is 43.1 Å². The lowest BCUT2D eigenvalue weighted by molar-refractivity contribution is 0.669. The molecule has 0 saturated heterocycles. The maximum absolute atomic E-state index is 9.41. The second kappa shape index (κ2) is 13.3. The van der Waals surface area contributed by atoms with Gasteiger partial charge in [-0.1, -0.05) is 146 Å². The molecule has 0 amide bonds. The number of benzene rings is 9. The third-order valence-electron chi connectivity index (χ3n) is 12.7. The van der Waals surface area contributed by atoms with Gasteiger partial charge in [0.15, 0.2) is 5.82 Å². The van der Waals surface area contributed by atoms with Crippen LogP contribution in [-0.2, 0) is 0 Å². The van der Waals surface area contributed by atoms with Crippen molar-refractivity contribution >= 4 is 87.4 Å². The van der Waals surface area contributed by atoms with Crippen LogP contribution < -0.4 is 0 Å². The summed E-state index contributed by atoms with van der Waals surface area (Å²) in [6.45, 7) is 0. The number of rotatable bonds is 5. The standard InChI is InChI=1S/C57H34N6O/c1-8-24-45-37(16-1)38-17-2-9-25-46(38)61(45)51-30-15-23-36(35-32-33-53-44(34-35)43-22-7-14-31-52(43)64-53)54(51)55-58-56(62-47-26-10-3-18-39(47)40-19-4-11-27-48(40)62)60-57(59-55)63-49-28-12-5-20-41(49)42-21-6-13-29-50(42)63/h1-34H/i3D,10D,18D,26D. The second-order valence-electron chi connectivity index (χ2n) is 16.1. The highest BCUT2D eigenvalue weighted by Crippen LogP contribution is 2.43. The van der Waals surface area contributed by atoms with Crippen LogP contribution in [0, 0.1) is 0 Å². The van der Waals surface area contributed by atoms with Gasteiger partial charge >= 0.3 is 0 Å². The van der Waals surface area contributed by atoms with Crippen LogP contribution in [0.15, 0.2) is 211 Å². The Bertz CT molecular complexity index is 4360. The first kappa shape index (κ1) is 31.1. The minimum absolute atomic E-state index is 0.131. The monoisotopic (exact) mass is 822 g/mol. The van der Waals surface area contributed by atoms with Gasteiger partial charge < -0.3 is 8.98 Å². The van der Waals surface area contributed by atoms with Gasteiger partial charge in [-0.3, -0.25) is 9.13 Å². The Morgan fingerprint density at radius 2 is 0.859 bits per heavy atom. The molecule has 0 N–H and O–H groups in total. The SMILES string of the molecule is [2H]c1c([2H])c([2H])c2c(c1[2H])c1ccccc1n2-c1nc(-c2c(-c3ccc4oc5ccccc5c4c3)cccc2-n2c3ccccc3c3ccccc32)nc(-n2c3ccccc3c3ccccc32)n1. The number of para-hydroxylation sites is 7. The van der Waals surface area contributed by atoms with Gasteiger partial charge in [0.1, 0.15) is 11.2 Å². The Hall–Kier alpha value is -8.81. The van der Waals surface area contributed by atoms with E-state index < -0.39 is 0 Å². The zero-order valence-corrected chi connectivity index (χ0v) is 33.9. The second-order valence-corrected chi connectivity index (χ2v) is 16.1. The molecule has 0 aliphatic heterocycles. The Morgan fingerprint density at radius 3 is 1.47 bits per heavy atom. The normalized spacial score (nSPS) is 12.9. The highest BCUT2D eigenvalue weighted by atomic mass is 16.3. The molecule has 0 radical (unpaired) electrons. The van der Waals surface area contributed by atoms with E-state index in [0.717, 1.165) is 87.9 Å². The average molecular weight is 823 g/mol. The average Bonchev–Trinajstić information content (AvgIpc) is 4.13. The molecule has 9 aromatic carbocycles. The predicted octanol–water partition coefficient (Wildman–Crippen LogP) is 14.4. The van der Waals surface area contributed by atoms with Crippen molar-refractivity contribution in [2.24, 2.45) is 0 Å². The van der Waals surface area contributed by atoms with E-state index in [1.165, 1.54) is 0 Å². The van der Waals surface area contributed by atoms with Crippen molar-refractivity contribution < 1.29 is 9.90 Å². The Labute approximate surface area is 371 Å². The smallest absolute Gasteiger partial charge is 0.240 e. The molecule has 0 saturated carbocycles. The molecule has 7 nitrogen and oxygen atoms in total. The summed E-state index contributed by atoms with van der Waals surface area (Å²) in [4.78, 5) is 16.4. The molecule has 64 heavy (non-hydrogen) atoms. The summed E-state index contributed by atoms with van der Waals surface area (Å²) in [5, 5.41) is 7.31. The van der Waals surface area contributed by atoms with E-state index in [9.17, 15) is 2.74 Å². The minimum atomic E-state index is -0.343. The first-order chi connectivity index (χ1) is 33.4. The van der Waals surface area contributed by atoms with Crippen LogP contribution in [0.1, 0.15) is 5.48 Å². The van der Waals surface area contributed by atoms with Crippen LogP contribution in [0.3, 0.4) is 0 Å². The summed E-state index contributed by atoms with van der Waals surface area (Å²) in [5.74, 6) is 0.902. The van der Waals surface area contributed by atoms with Crippen molar-refractivity contribution in [1.82, 2.24) is 28.7 Å². The van der Waals surface area contributed by atoms with Crippen molar-refractivity contribution in [3.05, 3.63) is 206 Å². The van der Waals surface area contributed by atoms with Gasteiger partial charge in [0.05, 0.1) is 49.8 Å². The Morgan fingerprint density at radius 1 is 0.375 bits per heavy atom. The van der Waals surface area contributed by atoms with Crippen LogP contribution in [0.25, 0.3) is 127 Å². The van der Waals surface area contributed by atoms with Gasteiger partial charge in [-0.05, 0) is 71.8 Å². The molecule has 0 aliphatic rings. The summed E-state index contributed by atoms with van der Waals surface area (Å²) < 4.78 is 48.7. The fourth-order valence-electron chi connectivity index (χ4n) is 9.96. The van der Waals surface area contributed by atoms with E-state index in [2.05, 4.69) is 118 Å². The molecule has 0 unspecified atom stereocenters. The Kier molecular flexibility index (Phi) is 6.48. The van der Waals surface area contributed by atoms with E-state index >= 15 is 0 Å². The molecule has 0 bridgehead atoms. The molecular formula is C57H34N6O. The number of aromatic nitrogens is 6. The number of hydrogen-bond acceptors (Lipinski definition) is 4. The van der Waals surface area contributed by atoms with E-state index in [-0.39, 0.29) is 35.6 Å². The molecule has 0 aliphatic carbocycles. The van der Waals surface area contributed by atoms with Gasteiger partial charge in [0.25, 0.3) is 0 Å². The van der Waals surface area contributed by atoms with Crippen molar-refractivity contribution in [1.29, 1.82) is 0 Å². The summed E-state index contributed by atoms with van der Waals surface area (Å²) >= 11 is 0. The lowest BCUT2D eigenvalue weighted by atomic mass is 9.95. The maximum atomic E-state index is 9.41. The zero-order chi connectivity index (χ0) is 45.4. The van der Waals surface area contributed by atoms with Gasteiger partial charge in [-0.2, -0.15) is 15.0 Å². The van der Waals surface area contributed by atoms with Crippen LogP contribution in [0.4, 0.5) is 0 Å². The first-order valence-electron chi connectivity index (χ1n) is 23.2. The highest BCUT2D eigenvalue weighted by Gasteiger charge is 2.25. The molecule has 0 fully saturated rings. The Balaban J connectivity index is 1.17. The van der Waals surface area contributed by atoms with Crippen LogP contribution >= 0.6 is 0 Å². The fourth-order valence-corrected chi connectivity index (χ4v) is 9.96. The molecule has 14 aromatic rings. The molecule has 298 valence electrons. The summed E-state index contributed by atoms with van der Waals surface area (Å²) in [6.07, 6.45) is 0. The topological polar surface area (TPSA) is 66.6 Å². The van der Waals surface area contributed by atoms with Crippen molar-refractivity contribution in [3.63, 3.8) is 0 Å². The van der Waals surface area contributed by atoms with Crippen LogP contribution in [-0.4, -0.2) is 28.7 Å². The van der Waals surface area contributed by atoms with Crippen molar-refractivity contribution in [3.8, 4) is 40.1 Å². The summed E-state index contributed by atoms with van der Waals surface area (Å²) in [7, 11) is 0. The molecule has 5 heterocycles.